The lowest BCUT2D eigenvalue weighted by Gasteiger charge is -2.10. The topological polar surface area (TPSA) is 37.0 Å². The van der Waals surface area contributed by atoms with E-state index in [9.17, 15) is 0 Å². The minimum absolute atomic E-state index is 0.531. The van der Waals surface area contributed by atoms with Crippen molar-refractivity contribution in [1.29, 1.82) is 0 Å². The van der Waals surface area contributed by atoms with E-state index in [1.807, 2.05) is 12.3 Å². The average Bonchev–Trinajstić information content (AvgIpc) is 2.25. The van der Waals surface area contributed by atoms with Gasteiger partial charge in [-0.1, -0.05) is 0 Å². The van der Waals surface area contributed by atoms with Gasteiger partial charge in [0.05, 0.1) is 5.69 Å². The Bertz CT molecular complexity index is 272. The molecule has 0 spiro atoms. The van der Waals surface area contributed by atoms with Crippen LogP contribution >= 0.6 is 0 Å². The fraction of sp³-hybridized carbons (Fsp3) is 0.444. The van der Waals surface area contributed by atoms with Gasteiger partial charge in [-0.25, -0.2) is 4.98 Å². The van der Waals surface area contributed by atoms with E-state index in [0.717, 1.165) is 24.5 Å². The second kappa shape index (κ2) is 3.01. The molecule has 0 amide bonds. The quantitative estimate of drug-likeness (QED) is 0.611. The zero-order chi connectivity index (χ0) is 8.39. The van der Waals surface area contributed by atoms with Gasteiger partial charge in [-0.2, -0.15) is 0 Å². The van der Waals surface area contributed by atoms with Crippen molar-refractivity contribution in [3.05, 3.63) is 18.3 Å². The molecular weight excluding hydrogens is 150 g/mol. The Hall–Kier alpha value is -1.25. The summed E-state index contributed by atoms with van der Waals surface area (Å²) in [6.07, 6.45) is 2.94. The molecular formula is C9H13N3. The van der Waals surface area contributed by atoms with Crippen LogP contribution in [0.15, 0.2) is 18.3 Å². The number of aromatic nitrogens is 1. The Morgan fingerprint density at radius 2 is 2.50 bits per heavy atom. The van der Waals surface area contributed by atoms with Crippen LogP contribution in [0.1, 0.15) is 13.3 Å². The number of rotatable bonds is 0. The lowest BCUT2D eigenvalue weighted by molar-refractivity contribution is 0.745. The summed E-state index contributed by atoms with van der Waals surface area (Å²) in [4.78, 5) is 4.24. The third kappa shape index (κ3) is 1.35. The lowest BCUT2D eigenvalue weighted by atomic mass is 10.2. The summed E-state index contributed by atoms with van der Waals surface area (Å²) in [5.41, 5.74) is 1.11. The predicted octanol–water partition coefficient (Wildman–Crippen LogP) is 1.70. The molecule has 3 nitrogen and oxygen atoms in total. The summed E-state index contributed by atoms with van der Waals surface area (Å²) in [6.45, 7) is 3.18. The summed E-state index contributed by atoms with van der Waals surface area (Å²) in [7, 11) is 0. The Balaban J connectivity index is 2.31. The number of fused-ring (bicyclic) bond motifs is 1. The first kappa shape index (κ1) is 7.40. The second-order valence-electron chi connectivity index (χ2n) is 3.16. The van der Waals surface area contributed by atoms with E-state index in [1.54, 1.807) is 0 Å². The van der Waals surface area contributed by atoms with Crippen molar-refractivity contribution in [2.45, 2.75) is 19.4 Å². The summed E-state index contributed by atoms with van der Waals surface area (Å²) in [6, 6.07) is 4.53. The SMILES string of the molecule is CC1CCNc2ncccc2N1. The molecule has 1 aliphatic heterocycles. The molecule has 0 aliphatic carbocycles. The van der Waals surface area contributed by atoms with Gasteiger partial charge in [-0.3, -0.25) is 0 Å². The Morgan fingerprint density at radius 3 is 3.42 bits per heavy atom. The monoisotopic (exact) mass is 163 g/mol. The van der Waals surface area contributed by atoms with Crippen LogP contribution in [-0.2, 0) is 0 Å². The average molecular weight is 163 g/mol. The second-order valence-corrected chi connectivity index (χ2v) is 3.16. The van der Waals surface area contributed by atoms with Crippen LogP contribution in [0, 0.1) is 0 Å². The highest BCUT2D eigenvalue weighted by atomic mass is 15.1. The zero-order valence-corrected chi connectivity index (χ0v) is 7.17. The molecule has 0 aromatic carbocycles. The third-order valence-electron chi connectivity index (χ3n) is 2.08. The summed E-state index contributed by atoms with van der Waals surface area (Å²) >= 11 is 0. The van der Waals surface area contributed by atoms with Crippen molar-refractivity contribution in [1.82, 2.24) is 4.98 Å². The van der Waals surface area contributed by atoms with Gasteiger partial charge in [0.1, 0.15) is 5.82 Å². The van der Waals surface area contributed by atoms with Gasteiger partial charge in [-0.05, 0) is 25.5 Å². The van der Waals surface area contributed by atoms with Crippen LogP contribution in [0.2, 0.25) is 0 Å². The van der Waals surface area contributed by atoms with E-state index < -0.39 is 0 Å². The first-order chi connectivity index (χ1) is 5.86. The molecule has 1 unspecified atom stereocenters. The molecule has 0 radical (unpaired) electrons. The smallest absolute Gasteiger partial charge is 0.149 e. The van der Waals surface area contributed by atoms with Crippen molar-refractivity contribution >= 4 is 11.5 Å². The van der Waals surface area contributed by atoms with Crippen LogP contribution in [0.4, 0.5) is 11.5 Å². The molecule has 0 saturated heterocycles. The van der Waals surface area contributed by atoms with Gasteiger partial charge in [-0.15, -0.1) is 0 Å². The molecule has 0 saturated carbocycles. The normalized spacial score (nSPS) is 21.6. The number of pyridine rings is 1. The Kier molecular flexibility index (Phi) is 1.86. The van der Waals surface area contributed by atoms with Gasteiger partial charge in [0.25, 0.3) is 0 Å². The van der Waals surface area contributed by atoms with E-state index in [2.05, 4.69) is 28.6 Å². The molecule has 1 aromatic rings. The van der Waals surface area contributed by atoms with Crippen molar-refractivity contribution in [2.75, 3.05) is 17.2 Å². The predicted molar refractivity (Wildman–Crippen MR) is 50.4 cm³/mol. The van der Waals surface area contributed by atoms with E-state index in [0.29, 0.717) is 6.04 Å². The highest BCUT2D eigenvalue weighted by molar-refractivity contribution is 5.64. The van der Waals surface area contributed by atoms with Gasteiger partial charge in [0.15, 0.2) is 0 Å². The summed E-state index contributed by atoms with van der Waals surface area (Å²) in [5.74, 6) is 0.974. The highest BCUT2D eigenvalue weighted by Gasteiger charge is 2.10. The van der Waals surface area contributed by atoms with Gasteiger partial charge in [0.2, 0.25) is 0 Å². The van der Waals surface area contributed by atoms with Crippen molar-refractivity contribution in [2.24, 2.45) is 0 Å². The molecule has 0 fully saturated rings. The number of anilines is 2. The first-order valence-electron chi connectivity index (χ1n) is 4.31. The first-order valence-corrected chi connectivity index (χ1v) is 4.31. The number of hydrogen-bond acceptors (Lipinski definition) is 3. The molecule has 3 heteroatoms. The molecule has 1 aromatic heterocycles. The lowest BCUT2D eigenvalue weighted by Crippen LogP contribution is -2.14. The number of hydrogen-bond donors (Lipinski definition) is 2. The molecule has 0 bridgehead atoms. The van der Waals surface area contributed by atoms with E-state index in [-0.39, 0.29) is 0 Å². The maximum Gasteiger partial charge on any atom is 0.149 e. The van der Waals surface area contributed by atoms with Crippen LogP contribution in [0.5, 0.6) is 0 Å². The fourth-order valence-corrected chi connectivity index (χ4v) is 1.41. The maximum atomic E-state index is 4.24. The van der Waals surface area contributed by atoms with Crippen LogP contribution < -0.4 is 10.6 Å². The minimum Gasteiger partial charge on any atom is -0.380 e. The number of nitrogens with zero attached hydrogens (tertiary/aromatic N) is 1. The molecule has 1 aliphatic rings. The third-order valence-corrected chi connectivity index (χ3v) is 2.08. The minimum atomic E-state index is 0.531. The van der Waals surface area contributed by atoms with Gasteiger partial charge >= 0.3 is 0 Å². The molecule has 1 atom stereocenters. The summed E-state index contributed by atoms with van der Waals surface area (Å²) in [5, 5.41) is 6.68. The Morgan fingerprint density at radius 1 is 1.58 bits per heavy atom. The van der Waals surface area contributed by atoms with E-state index >= 15 is 0 Å². The van der Waals surface area contributed by atoms with Gasteiger partial charge in [0, 0.05) is 18.8 Å². The maximum absolute atomic E-state index is 4.24. The fourth-order valence-electron chi connectivity index (χ4n) is 1.41. The molecule has 2 rings (SSSR count). The van der Waals surface area contributed by atoms with Crippen molar-refractivity contribution < 1.29 is 0 Å². The highest BCUT2D eigenvalue weighted by Crippen LogP contribution is 2.21. The van der Waals surface area contributed by atoms with E-state index in [4.69, 9.17) is 0 Å². The Labute approximate surface area is 72.2 Å². The number of nitrogens with one attached hydrogen (secondary N) is 2. The van der Waals surface area contributed by atoms with E-state index in [1.165, 1.54) is 0 Å². The molecule has 64 valence electrons. The van der Waals surface area contributed by atoms with Gasteiger partial charge < -0.3 is 10.6 Å². The molecule has 2 heterocycles. The van der Waals surface area contributed by atoms with Crippen molar-refractivity contribution in [3.8, 4) is 0 Å². The largest absolute Gasteiger partial charge is 0.380 e. The van der Waals surface area contributed by atoms with Crippen LogP contribution in [-0.4, -0.2) is 17.6 Å². The molecule has 2 N–H and O–H groups in total. The zero-order valence-electron chi connectivity index (χ0n) is 7.17. The summed E-state index contributed by atoms with van der Waals surface area (Å²) < 4.78 is 0. The van der Waals surface area contributed by atoms with Crippen LogP contribution in [0.25, 0.3) is 0 Å². The molecule has 12 heavy (non-hydrogen) atoms. The van der Waals surface area contributed by atoms with Crippen molar-refractivity contribution in [3.63, 3.8) is 0 Å². The standard InChI is InChI=1S/C9H13N3/c1-7-4-6-11-9-8(12-7)3-2-5-10-9/h2-3,5,7,12H,4,6H2,1H3,(H,10,11). The van der Waals surface area contributed by atoms with Crippen LogP contribution in [0.3, 0.4) is 0 Å².